The molecule has 1 heterocycles. The molecule has 1 aromatic heterocycles. The molecule has 0 saturated heterocycles. The Hall–Kier alpha value is -0.540. The Morgan fingerprint density at radius 3 is 2.92 bits per heavy atom. The van der Waals surface area contributed by atoms with Crippen molar-refractivity contribution in [2.45, 2.75) is 13.3 Å². The molecule has 1 N–H and O–H groups in total. The zero-order valence-corrected chi connectivity index (χ0v) is 8.50. The van der Waals surface area contributed by atoms with Crippen molar-refractivity contribution in [3.05, 3.63) is 22.4 Å². The number of rotatable bonds is 3. The second-order valence-corrected chi connectivity index (χ2v) is 3.18. The van der Waals surface area contributed by atoms with Crippen molar-refractivity contribution in [1.29, 1.82) is 0 Å². The summed E-state index contributed by atoms with van der Waals surface area (Å²) < 4.78 is 0. The molecule has 0 radical (unpaired) electrons. The first-order valence-corrected chi connectivity index (χ1v) is 4.54. The fourth-order valence-corrected chi connectivity index (χ4v) is 1.37. The fraction of sp³-hybridized carbons (Fsp3) is 0.375. The highest BCUT2D eigenvalue weighted by molar-refractivity contribution is 7.12. The average Bonchev–Trinajstić information content (AvgIpc) is 2.52. The van der Waals surface area contributed by atoms with Crippen LogP contribution in [0.4, 0.5) is 0 Å². The van der Waals surface area contributed by atoms with Gasteiger partial charge in [0.2, 0.25) is 0 Å². The van der Waals surface area contributed by atoms with Gasteiger partial charge < -0.3 is 5.32 Å². The highest BCUT2D eigenvalue weighted by Crippen LogP contribution is 2.07. The van der Waals surface area contributed by atoms with Gasteiger partial charge in [-0.15, -0.1) is 23.7 Å². The topological polar surface area (TPSA) is 29.1 Å². The number of carbonyl (C=O) groups is 1. The molecule has 0 bridgehead atoms. The quantitative estimate of drug-likeness (QED) is 0.806. The van der Waals surface area contributed by atoms with Crippen molar-refractivity contribution in [2.75, 3.05) is 6.54 Å². The normalized spacial score (nSPS) is 8.75. The molecular formula is C8H12ClNOS. The smallest absolute Gasteiger partial charge is 0.261 e. The van der Waals surface area contributed by atoms with E-state index in [4.69, 9.17) is 0 Å². The lowest BCUT2D eigenvalue weighted by Gasteiger charge is -1.98. The maximum absolute atomic E-state index is 11.2. The molecule has 0 aliphatic carbocycles. The Bertz CT molecular complexity index is 223. The van der Waals surface area contributed by atoms with Crippen molar-refractivity contribution < 1.29 is 4.79 Å². The van der Waals surface area contributed by atoms with Crippen LogP contribution in [0.3, 0.4) is 0 Å². The summed E-state index contributed by atoms with van der Waals surface area (Å²) in [6.45, 7) is 2.80. The minimum absolute atomic E-state index is 0. The molecule has 0 aliphatic rings. The minimum Gasteiger partial charge on any atom is -0.351 e. The molecule has 0 saturated carbocycles. The number of nitrogens with one attached hydrogen (secondary N) is 1. The monoisotopic (exact) mass is 205 g/mol. The van der Waals surface area contributed by atoms with Gasteiger partial charge in [0.1, 0.15) is 0 Å². The molecule has 2 nitrogen and oxygen atoms in total. The summed E-state index contributed by atoms with van der Waals surface area (Å²) in [7, 11) is 0. The van der Waals surface area contributed by atoms with Crippen LogP contribution in [-0.2, 0) is 0 Å². The van der Waals surface area contributed by atoms with Gasteiger partial charge in [-0.2, -0.15) is 0 Å². The van der Waals surface area contributed by atoms with Gasteiger partial charge >= 0.3 is 0 Å². The first-order valence-electron chi connectivity index (χ1n) is 3.66. The number of carbonyl (C=O) groups excluding carboxylic acids is 1. The lowest BCUT2D eigenvalue weighted by Crippen LogP contribution is -2.22. The second kappa shape index (κ2) is 6.03. The summed E-state index contributed by atoms with van der Waals surface area (Å²) in [5.74, 6) is 0.0434. The number of amides is 1. The summed E-state index contributed by atoms with van der Waals surface area (Å²) in [6, 6.07) is 3.71. The minimum atomic E-state index is 0. The van der Waals surface area contributed by atoms with Crippen LogP contribution >= 0.6 is 23.7 Å². The molecular weight excluding hydrogens is 194 g/mol. The maximum Gasteiger partial charge on any atom is 0.261 e. The standard InChI is InChI=1S/C8H11NOS.ClH/c1-2-5-9-8(10)7-4-3-6-11-7;/h3-4,6H,2,5H2,1H3,(H,9,10);1H. The Morgan fingerprint density at radius 2 is 2.42 bits per heavy atom. The molecule has 12 heavy (non-hydrogen) atoms. The first kappa shape index (κ1) is 11.5. The van der Waals surface area contributed by atoms with E-state index in [1.165, 1.54) is 11.3 Å². The number of hydrogen-bond donors (Lipinski definition) is 1. The van der Waals surface area contributed by atoms with Crippen LogP contribution in [-0.4, -0.2) is 12.5 Å². The van der Waals surface area contributed by atoms with Gasteiger partial charge in [-0.1, -0.05) is 13.0 Å². The average molecular weight is 206 g/mol. The van der Waals surface area contributed by atoms with Crippen LogP contribution < -0.4 is 5.32 Å². The fourth-order valence-electron chi connectivity index (χ4n) is 0.733. The van der Waals surface area contributed by atoms with E-state index in [9.17, 15) is 4.79 Å². The SMILES string of the molecule is CCCNC(=O)c1cccs1.Cl. The summed E-state index contributed by atoms with van der Waals surface area (Å²) in [6.07, 6.45) is 0.983. The highest BCUT2D eigenvalue weighted by Gasteiger charge is 2.02. The molecule has 1 rings (SSSR count). The predicted octanol–water partition coefficient (Wildman–Crippen LogP) is 2.31. The molecule has 0 aliphatic heterocycles. The zero-order valence-electron chi connectivity index (χ0n) is 6.87. The molecule has 0 fully saturated rings. The largest absolute Gasteiger partial charge is 0.351 e. The van der Waals surface area contributed by atoms with Gasteiger partial charge in [-0.3, -0.25) is 4.79 Å². The molecule has 1 amide bonds. The van der Waals surface area contributed by atoms with Crippen LogP contribution in [0.5, 0.6) is 0 Å². The molecule has 0 spiro atoms. The van der Waals surface area contributed by atoms with E-state index >= 15 is 0 Å². The van der Waals surface area contributed by atoms with Gasteiger partial charge in [0, 0.05) is 6.54 Å². The van der Waals surface area contributed by atoms with Gasteiger partial charge in [0.15, 0.2) is 0 Å². The van der Waals surface area contributed by atoms with Crippen molar-refractivity contribution in [1.82, 2.24) is 5.32 Å². The van der Waals surface area contributed by atoms with E-state index in [1.807, 2.05) is 24.4 Å². The Balaban J connectivity index is 0.00000121. The van der Waals surface area contributed by atoms with Crippen LogP contribution in [0.25, 0.3) is 0 Å². The summed E-state index contributed by atoms with van der Waals surface area (Å²) in [5, 5.41) is 4.71. The van der Waals surface area contributed by atoms with Crippen LogP contribution in [0.15, 0.2) is 17.5 Å². The van der Waals surface area contributed by atoms with E-state index in [-0.39, 0.29) is 18.3 Å². The van der Waals surface area contributed by atoms with Gasteiger partial charge in [0.05, 0.1) is 4.88 Å². The zero-order chi connectivity index (χ0) is 8.10. The van der Waals surface area contributed by atoms with Crippen molar-refractivity contribution in [2.24, 2.45) is 0 Å². The van der Waals surface area contributed by atoms with Crippen molar-refractivity contribution in [3.8, 4) is 0 Å². The van der Waals surface area contributed by atoms with E-state index < -0.39 is 0 Å². The molecule has 68 valence electrons. The molecule has 0 aromatic carbocycles. The highest BCUT2D eigenvalue weighted by atomic mass is 35.5. The first-order chi connectivity index (χ1) is 5.34. The number of halogens is 1. The lowest BCUT2D eigenvalue weighted by atomic mass is 10.4. The third kappa shape index (κ3) is 3.24. The summed E-state index contributed by atoms with van der Waals surface area (Å²) >= 11 is 1.47. The third-order valence-corrected chi connectivity index (χ3v) is 2.15. The number of hydrogen-bond acceptors (Lipinski definition) is 2. The van der Waals surface area contributed by atoms with E-state index in [1.54, 1.807) is 0 Å². The molecule has 1 aromatic rings. The molecule has 0 unspecified atom stereocenters. The van der Waals surface area contributed by atoms with Crippen LogP contribution in [0.1, 0.15) is 23.0 Å². The molecule has 4 heteroatoms. The van der Waals surface area contributed by atoms with Crippen LogP contribution in [0.2, 0.25) is 0 Å². The van der Waals surface area contributed by atoms with Crippen molar-refractivity contribution >= 4 is 29.7 Å². The van der Waals surface area contributed by atoms with E-state index in [0.717, 1.165) is 17.8 Å². The summed E-state index contributed by atoms with van der Waals surface area (Å²) in [5.41, 5.74) is 0. The van der Waals surface area contributed by atoms with Gasteiger partial charge in [-0.05, 0) is 17.9 Å². The number of thiophene rings is 1. The van der Waals surface area contributed by atoms with Gasteiger partial charge in [-0.25, -0.2) is 0 Å². The summed E-state index contributed by atoms with van der Waals surface area (Å²) in [4.78, 5) is 12.0. The Labute approximate surface area is 82.4 Å². The molecule has 0 atom stereocenters. The van der Waals surface area contributed by atoms with E-state index in [2.05, 4.69) is 5.32 Å². The van der Waals surface area contributed by atoms with Gasteiger partial charge in [0.25, 0.3) is 5.91 Å². The third-order valence-electron chi connectivity index (χ3n) is 1.28. The second-order valence-electron chi connectivity index (χ2n) is 2.23. The Kier molecular flexibility index (Phi) is 5.76. The van der Waals surface area contributed by atoms with E-state index in [0.29, 0.717) is 0 Å². The maximum atomic E-state index is 11.2. The Morgan fingerprint density at radius 1 is 1.67 bits per heavy atom. The van der Waals surface area contributed by atoms with Crippen LogP contribution in [0, 0.1) is 0 Å². The lowest BCUT2D eigenvalue weighted by molar-refractivity contribution is 0.0957. The predicted molar refractivity (Wildman–Crippen MR) is 54.2 cm³/mol. The van der Waals surface area contributed by atoms with Crippen molar-refractivity contribution in [3.63, 3.8) is 0 Å².